The second-order valence-corrected chi connectivity index (χ2v) is 5.33. The monoisotopic (exact) mass is 298 g/mol. The number of amides is 1. The van der Waals surface area contributed by atoms with Crippen molar-refractivity contribution in [2.24, 2.45) is 0 Å². The number of hydrogen-bond acceptors (Lipinski definition) is 4. The summed E-state index contributed by atoms with van der Waals surface area (Å²) in [6.07, 6.45) is 1.98. The first kappa shape index (κ1) is 14.5. The number of pyridine rings is 1. The Kier molecular flexibility index (Phi) is 4.34. The Balaban J connectivity index is 1.59. The number of likely N-dealkylation sites (tertiary alicyclic amines) is 1. The molecule has 0 saturated carbocycles. The molecule has 22 heavy (non-hydrogen) atoms. The third-order valence-electron chi connectivity index (χ3n) is 3.66. The van der Waals surface area contributed by atoms with E-state index in [0.717, 1.165) is 5.69 Å². The topological polar surface area (TPSA) is 62.7 Å². The Bertz CT molecular complexity index is 628. The molecule has 2 aromatic rings. The predicted octanol–water partition coefficient (Wildman–Crippen LogP) is 1.87. The molecule has 1 aliphatic heterocycles. The molecular formula is C17H18N2O3. The van der Waals surface area contributed by atoms with Crippen molar-refractivity contribution in [3.63, 3.8) is 0 Å². The molecule has 1 aromatic heterocycles. The highest BCUT2D eigenvalue weighted by molar-refractivity contribution is 5.94. The van der Waals surface area contributed by atoms with E-state index in [-0.39, 0.29) is 5.91 Å². The van der Waals surface area contributed by atoms with Gasteiger partial charge in [0.05, 0.1) is 11.8 Å². The highest BCUT2D eigenvalue weighted by atomic mass is 16.5. The summed E-state index contributed by atoms with van der Waals surface area (Å²) in [6.45, 7) is 1.42. The van der Waals surface area contributed by atoms with E-state index >= 15 is 0 Å². The number of aliphatic hydroxyl groups is 1. The van der Waals surface area contributed by atoms with Gasteiger partial charge in [0.2, 0.25) is 0 Å². The molecule has 0 unspecified atom stereocenters. The number of β-amino-alcohol motifs (C(OH)–C–C–N with tert-alkyl or cyclic N) is 1. The van der Waals surface area contributed by atoms with Gasteiger partial charge in [-0.15, -0.1) is 0 Å². The van der Waals surface area contributed by atoms with Crippen molar-refractivity contribution in [3.8, 4) is 5.75 Å². The maximum atomic E-state index is 12.2. The lowest BCUT2D eigenvalue weighted by atomic mass is 10.2. The Labute approximate surface area is 129 Å². The minimum absolute atomic E-state index is 0.0483. The van der Waals surface area contributed by atoms with Gasteiger partial charge in [-0.3, -0.25) is 9.78 Å². The number of aromatic nitrogens is 1. The van der Waals surface area contributed by atoms with Crippen LogP contribution in [0.25, 0.3) is 0 Å². The van der Waals surface area contributed by atoms with Crippen LogP contribution in [-0.4, -0.2) is 40.1 Å². The summed E-state index contributed by atoms with van der Waals surface area (Å²) in [4.78, 5) is 18.1. The van der Waals surface area contributed by atoms with Gasteiger partial charge >= 0.3 is 0 Å². The lowest BCUT2D eigenvalue weighted by molar-refractivity contribution is 0.0765. The number of nitrogens with zero attached hydrogens (tertiary/aromatic N) is 2. The Morgan fingerprint density at radius 1 is 1.27 bits per heavy atom. The van der Waals surface area contributed by atoms with Gasteiger partial charge in [0.1, 0.15) is 12.4 Å². The Hall–Kier alpha value is -2.40. The third-order valence-corrected chi connectivity index (χ3v) is 3.66. The smallest absolute Gasteiger partial charge is 0.253 e. The standard InChI is InChI=1S/C17H18N2O3/c20-15-8-10-19(11-15)17(21)13-4-6-16(7-5-13)22-12-14-3-1-2-9-18-14/h1-7,9,15,20H,8,10-12H2/t15-/m1/s1. The largest absolute Gasteiger partial charge is 0.487 e. The van der Waals surface area contributed by atoms with Crippen LogP contribution in [0.3, 0.4) is 0 Å². The summed E-state index contributed by atoms with van der Waals surface area (Å²) in [7, 11) is 0. The molecule has 0 radical (unpaired) electrons. The first-order valence-electron chi connectivity index (χ1n) is 7.32. The van der Waals surface area contributed by atoms with E-state index < -0.39 is 6.10 Å². The lowest BCUT2D eigenvalue weighted by Crippen LogP contribution is -2.29. The summed E-state index contributed by atoms with van der Waals surface area (Å²) < 4.78 is 5.64. The Morgan fingerprint density at radius 3 is 2.73 bits per heavy atom. The molecule has 1 saturated heterocycles. The van der Waals surface area contributed by atoms with Gasteiger partial charge < -0.3 is 14.7 Å². The molecule has 5 nitrogen and oxygen atoms in total. The molecule has 1 atom stereocenters. The van der Waals surface area contributed by atoms with Gasteiger partial charge in [0.15, 0.2) is 0 Å². The van der Waals surface area contributed by atoms with Crippen LogP contribution in [0.15, 0.2) is 48.7 Å². The summed E-state index contributed by atoms with van der Waals surface area (Å²) in [5, 5.41) is 9.50. The fourth-order valence-electron chi connectivity index (χ4n) is 2.44. The number of ether oxygens (including phenoxy) is 1. The predicted molar refractivity (Wildman–Crippen MR) is 81.5 cm³/mol. The highest BCUT2D eigenvalue weighted by Crippen LogP contribution is 2.17. The molecule has 1 fully saturated rings. The van der Waals surface area contributed by atoms with E-state index in [2.05, 4.69) is 4.98 Å². The van der Waals surface area contributed by atoms with Crippen molar-refractivity contribution in [1.29, 1.82) is 0 Å². The van der Waals surface area contributed by atoms with Crippen LogP contribution in [0, 0.1) is 0 Å². The molecule has 0 spiro atoms. The molecule has 1 N–H and O–H groups in total. The normalized spacial score (nSPS) is 17.5. The highest BCUT2D eigenvalue weighted by Gasteiger charge is 2.25. The van der Waals surface area contributed by atoms with Gasteiger partial charge in [-0.1, -0.05) is 6.07 Å². The van der Waals surface area contributed by atoms with E-state index in [0.29, 0.717) is 37.4 Å². The van der Waals surface area contributed by atoms with E-state index in [1.54, 1.807) is 35.4 Å². The van der Waals surface area contributed by atoms with E-state index in [1.165, 1.54) is 0 Å². The number of carbonyl (C=O) groups excluding carboxylic acids is 1. The average Bonchev–Trinajstić information content (AvgIpc) is 3.00. The van der Waals surface area contributed by atoms with Crippen molar-refractivity contribution in [2.45, 2.75) is 19.1 Å². The van der Waals surface area contributed by atoms with Crippen molar-refractivity contribution < 1.29 is 14.6 Å². The van der Waals surface area contributed by atoms with Crippen molar-refractivity contribution >= 4 is 5.91 Å². The zero-order valence-electron chi connectivity index (χ0n) is 12.2. The van der Waals surface area contributed by atoms with Crippen LogP contribution in [-0.2, 0) is 6.61 Å². The third kappa shape index (κ3) is 3.43. The minimum atomic E-state index is -0.398. The Morgan fingerprint density at radius 2 is 2.09 bits per heavy atom. The van der Waals surface area contributed by atoms with Crippen LogP contribution in [0.2, 0.25) is 0 Å². The van der Waals surface area contributed by atoms with Crippen LogP contribution < -0.4 is 4.74 Å². The second kappa shape index (κ2) is 6.58. The summed E-state index contributed by atoms with van der Waals surface area (Å²) >= 11 is 0. The average molecular weight is 298 g/mol. The maximum absolute atomic E-state index is 12.2. The first-order chi connectivity index (χ1) is 10.7. The first-order valence-corrected chi connectivity index (χ1v) is 7.32. The van der Waals surface area contributed by atoms with Gasteiger partial charge in [-0.2, -0.15) is 0 Å². The van der Waals surface area contributed by atoms with E-state index in [9.17, 15) is 9.90 Å². The molecule has 1 amide bonds. The fourth-order valence-corrected chi connectivity index (χ4v) is 2.44. The number of carbonyl (C=O) groups is 1. The van der Waals surface area contributed by atoms with Crippen molar-refractivity contribution in [1.82, 2.24) is 9.88 Å². The molecule has 0 aliphatic carbocycles. The number of hydrogen-bond donors (Lipinski definition) is 1. The minimum Gasteiger partial charge on any atom is -0.487 e. The van der Waals surface area contributed by atoms with Crippen LogP contribution >= 0.6 is 0 Å². The van der Waals surface area contributed by atoms with Crippen LogP contribution in [0.1, 0.15) is 22.5 Å². The number of aliphatic hydroxyl groups excluding tert-OH is 1. The summed E-state index contributed by atoms with van der Waals surface area (Å²) in [6, 6.07) is 12.7. The second-order valence-electron chi connectivity index (χ2n) is 5.33. The molecule has 0 bridgehead atoms. The maximum Gasteiger partial charge on any atom is 0.253 e. The van der Waals surface area contributed by atoms with E-state index in [1.807, 2.05) is 18.2 Å². The van der Waals surface area contributed by atoms with Gasteiger partial charge in [-0.05, 0) is 42.8 Å². The van der Waals surface area contributed by atoms with Gasteiger partial charge in [-0.25, -0.2) is 0 Å². The van der Waals surface area contributed by atoms with Crippen molar-refractivity contribution in [2.75, 3.05) is 13.1 Å². The molecule has 2 heterocycles. The van der Waals surface area contributed by atoms with Crippen molar-refractivity contribution in [3.05, 3.63) is 59.9 Å². The molecule has 1 aromatic carbocycles. The van der Waals surface area contributed by atoms with Gasteiger partial charge in [0, 0.05) is 24.8 Å². The lowest BCUT2D eigenvalue weighted by Gasteiger charge is -2.15. The van der Waals surface area contributed by atoms with Gasteiger partial charge in [0.25, 0.3) is 5.91 Å². The molecule has 1 aliphatic rings. The molecular weight excluding hydrogens is 280 g/mol. The van der Waals surface area contributed by atoms with E-state index in [4.69, 9.17) is 4.74 Å². The van der Waals surface area contributed by atoms with Crippen LogP contribution in [0.4, 0.5) is 0 Å². The summed E-state index contributed by atoms with van der Waals surface area (Å²) in [5.74, 6) is 0.650. The number of rotatable bonds is 4. The fraction of sp³-hybridized carbons (Fsp3) is 0.294. The SMILES string of the molecule is O=C(c1ccc(OCc2ccccn2)cc1)N1CC[C@@H](O)C1. The molecule has 114 valence electrons. The number of benzene rings is 1. The zero-order valence-corrected chi connectivity index (χ0v) is 12.2. The zero-order chi connectivity index (χ0) is 15.4. The molecule has 3 rings (SSSR count). The summed E-state index contributed by atoms with van der Waals surface area (Å²) in [5.41, 5.74) is 1.47. The molecule has 5 heteroatoms. The quantitative estimate of drug-likeness (QED) is 0.936. The van der Waals surface area contributed by atoms with Crippen LogP contribution in [0.5, 0.6) is 5.75 Å².